The van der Waals surface area contributed by atoms with Crippen molar-refractivity contribution in [1.82, 2.24) is 0 Å². The summed E-state index contributed by atoms with van der Waals surface area (Å²) in [5, 5.41) is 4.61. The maximum atomic E-state index is 12.8. The summed E-state index contributed by atoms with van der Waals surface area (Å²) >= 11 is 0. The van der Waals surface area contributed by atoms with Gasteiger partial charge in [-0.05, 0) is 12.1 Å². The van der Waals surface area contributed by atoms with Gasteiger partial charge in [-0.25, -0.2) is 26.7 Å². The number of sulfonamides is 1. The van der Waals surface area contributed by atoms with Crippen molar-refractivity contribution < 1.29 is 21.6 Å². The fraction of sp³-hybridized carbons (Fsp3) is 0.143. The number of primary sulfonamides is 1. The summed E-state index contributed by atoms with van der Waals surface area (Å²) in [6.45, 7) is 0. The first-order valence-electron chi connectivity index (χ1n) is 3.43. The smallest absolute Gasteiger partial charge is 0.225 e. The van der Waals surface area contributed by atoms with E-state index in [1.165, 1.54) is 0 Å². The van der Waals surface area contributed by atoms with Gasteiger partial charge in [-0.15, -0.1) is 0 Å². The Kier molecular flexibility index (Phi) is 2.81. The molecule has 0 spiro atoms. The Bertz CT molecular complexity index is 444. The van der Waals surface area contributed by atoms with Crippen LogP contribution in [0, 0.1) is 5.82 Å². The lowest BCUT2D eigenvalue weighted by molar-refractivity contribution is 0.151. The second-order valence-electron chi connectivity index (χ2n) is 2.54. The van der Waals surface area contributed by atoms with Crippen LogP contribution in [-0.2, 0) is 10.0 Å². The van der Waals surface area contributed by atoms with Crippen LogP contribution in [0.5, 0.6) is 0 Å². The van der Waals surface area contributed by atoms with Gasteiger partial charge in [-0.1, -0.05) is 6.07 Å². The lowest BCUT2D eigenvalue weighted by Crippen LogP contribution is -2.14. The molecule has 0 heterocycles. The maximum Gasteiger partial charge on any atom is 0.263 e. The van der Waals surface area contributed by atoms with Crippen molar-refractivity contribution in [3.8, 4) is 0 Å². The highest BCUT2D eigenvalue weighted by molar-refractivity contribution is 7.89. The quantitative estimate of drug-likeness (QED) is 0.827. The Balaban J connectivity index is 3.37. The molecule has 0 fully saturated rings. The number of rotatable bonds is 2. The minimum atomic E-state index is -4.30. The van der Waals surface area contributed by atoms with Crippen LogP contribution in [0.2, 0.25) is 0 Å². The van der Waals surface area contributed by atoms with Crippen LogP contribution < -0.4 is 5.14 Å². The highest BCUT2D eigenvalue weighted by Crippen LogP contribution is 2.23. The summed E-state index contributed by atoms with van der Waals surface area (Å²) in [5.41, 5.74) is -0.588. The minimum Gasteiger partial charge on any atom is -0.225 e. The number of alkyl halides is 2. The van der Waals surface area contributed by atoms with Gasteiger partial charge in [0.15, 0.2) is 0 Å². The molecule has 7 heteroatoms. The van der Waals surface area contributed by atoms with E-state index in [1.54, 1.807) is 0 Å². The molecule has 0 aliphatic rings. The van der Waals surface area contributed by atoms with Gasteiger partial charge >= 0.3 is 0 Å². The SMILES string of the molecule is NS(=O)(=O)c1cc(C(F)F)ccc1F. The molecule has 0 aromatic heterocycles. The van der Waals surface area contributed by atoms with E-state index in [4.69, 9.17) is 0 Å². The summed E-state index contributed by atoms with van der Waals surface area (Å²) in [4.78, 5) is -0.921. The average molecular weight is 225 g/mol. The highest BCUT2D eigenvalue weighted by Gasteiger charge is 2.17. The van der Waals surface area contributed by atoms with Crippen LogP contribution in [0.1, 0.15) is 12.0 Å². The molecule has 1 rings (SSSR count). The second-order valence-corrected chi connectivity index (χ2v) is 4.07. The van der Waals surface area contributed by atoms with Gasteiger partial charge in [0.05, 0.1) is 0 Å². The van der Waals surface area contributed by atoms with E-state index in [-0.39, 0.29) is 0 Å². The molecule has 2 N–H and O–H groups in total. The van der Waals surface area contributed by atoms with Crippen LogP contribution in [0.15, 0.2) is 23.1 Å². The van der Waals surface area contributed by atoms with Gasteiger partial charge in [-0.3, -0.25) is 0 Å². The number of nitrogens with two attached hydrogens (primary N) is 1. The first kappa shape index (κ1) is 11.0. The second kappa shape index (κ2) is 3.58. The molecule has 1 aromatic carbocycles. The van der Waals surface area contributed by atoms with Crippen molar-refractivity contribution in [3.05, 3.63) is 29.6 Å². The van der Waals surface area contributed by atoms with E-state index in [2.05, 4.69) is 5.14 Å². The Hall–Kier alpha value is -1.08. The lowest BCUT2D eigenvalue weighted by atomic mass is 10.2. The van der Waals surface area contributed by atoms with Gasteiger partial charge in [0, 0.05) is 5.56 Å². The van der Waals surface area contributed by atoms with Crippen molar-refractivity contribution in [1.29, 1.82) is 0 Å². The fourth-order valence-corrected chi connectivity index (χ4v) is 1.51. The Morgan fingerprint density at radius 1 is 1.29 bits per heavy atom. The minimum absolute atomic E-state index is 0.523. The molecule has 0 radical (unpaired) electrons. The van der Waals surface area contributed by atoms with Crippen LogP contribution in [0.25, 0.3) is 0 Å². The summed E-state index contributed by atoms with van der Waals surface area (Å²) in [6, 6.07) is 1.96. The standard InChI is InChI=1S/C7H6F3NO2S/c8-5-2-1-4(7(9)10)3-6(5)14(11,12)13/h1-3,7H,(H2,11,12,13). The number of halogens is 3. The molecule has 0 saturated heterocycles. The molecule has 0 aliphatic heterocycles. The summed E-state index contributed by atoms with van der Waals surface area (Å²) < 4.78 is 58.5. The van der Waals surface area contributed by atoms with Crippen molar-refractivity contribution in [2.24, 2.45) is 5.14 Å². The average Bonchev–Trinajstić information content (AvgIpc) is 2.02. The molecule has 0 bridgehead atoms. The fourth-order valence-electron chi connectivity index (χ4n) is 0.874. The normalized spacial score (nSPS) is 12.1. The van der Waals surface area contributed by atoms with Crippen molar-refractivity contribution in [3.63, 3.8) is 0 Å². The Morgan fingerprint density at radius 2 is 1.86 bits per heavy atom. The highest BCUT2D eigenvalue weighted by atomic mass is 32.2. The molecule has 0 saturated carbocycles. The van der Waals surface area contributed by atoms with Crippen LogP contribution in [0.4, 0.5) is 13.2 Å². The largest absolute Gasteiger partial charge is 0.263 e. The zero-order valence-corrected chi connectivity index (χ0v) is 7.56. The van der Waals surface area contributed by atoms with Crippen LogP contribution in [0.3, 0.4) is 0 Å². The molecular weight excluding hydrogens is 219 g/mol. The molecule has 0 atom stereocenters. The monoisotopic (exact) mass is 225 g/mol. The third-order valence-corrected chi connectivity index (χ3v) is 2.44. The van der Waals surface area contributed by atoms with Crippen molar-refractivity contribution >= 4 is 10.0 Å². The maximum absolute atomic E-state index is 12.8. The lowest BCUT2D eigenvalue weighted by Gasteiger charge is -2.03. The molecule has 3 nitrogen and oxygen atoms in total. The number of hydrogen-bond donors (Lipinski definition) is 1. The predicted octanol–water partition coefficient (Wildman–Crippen LogP) is 1.41. The van der Waals surface area contributed by atoms with E-state index >= 15 is 0 Å². The molecule has 14 heavy (non-hydrogen) atoms. The van der Waals surface area contributed by atoms with Gasteiger partial charge in [0.2, 0.25) is 10.0 Å². The molecule has 78 valence electrons. The zero-order chi connectivity index (χ0) is 10.9. The molecule has 0 aliphatic carbocycles. The van der Waals surface area contributed by atoms with Crippen molar-refractivity contribution in [2.75, 3.05) is 0 Å². The van der Waals surface area contributed by atoms with Crippen LogP contribution in [-0.4, -0.2) is 8.42 Å². The van der Waals surface area contributed by atoms with E-state index in [0.29, 0.717) is 12.1 Å². The summed E-state index contributed by atoms with van der Waals surface area (Å²) in [6.07, 6.45) is -2.86. The van der Waals surface area contributed by atoms with E-state index in [1.807, 2.05) is 0 Å². The van der Waals surface area contributed by atoms with Gasteiger partial charge in [-0.2, -0.15) is 0 Å². The molecule has 0 unspecified atom stereocenters. The van der Waals surface area contributed by atoms with Crippen LogP contribution >= 0.6 is 0 Å². The first-order valence-corrected chi connectivity index (χ1v) is 4.97. The van der Waals surface area contributed by atoms with E-state index in [0.717, 1.165) is 6.07 Å². The topological polar surface area (TPSA) is 60.2 Å². The number of hydrogen-bond acceptors (Lipinski definition) is 2. The third-order valence-electron chi connectivity index (χ3n) is 1.51. The van der Waals surface area contributed by atoms with Gasteiger partial charge < -0.3 is 0 Å². The Morgan fingerprint density at radius 3 is 2.29 bits per heavy atom. The van der Waals surface area contributed by atoms with E-state index in [9.17, 15) is 21.6 Å². The predicted molar refractivity (Wildman–Crippen MR) is 42.7 cm³/mol. The molecule has 1 aromatic rings. The number of benzene rings is 1. The Labute approximate surface area is 78.4 Å². The molecule has 0 amide bonds. The molecular formula is C7H6F3NO2S. The zero-order valence-electron chi connectivity index (χ0n) is 6.75. The van der Waals surface area contributed by atoms with Crippen molar-refractivity contribution in [2.45, 2.75) is 11.3 Å². The first-order chi connectivity index (χ1) is 6.32. The van der Waals surface area contributed by atoms with Gasteiger partial charge in [0.1, 0.15) is 10.7 Å². The van der Waals surface area contributed by atoms with E-state index < -0.39 is 32.7 Å². The summed E-state index contributed by atoms with van der Waals surface area (Å²) in [7, 11) is -4.30. The summed E-state index contributed by atoms with van der Waals surface area (Å²) in [5.74, 6) is -1.14. The van der Waals surface area contributed by atoms with Gasteiger partial charge in [0.25, 0.3) is 6.43 Å². The third kappa shape index (κ3) is 2.24.